The van der Waals surface area contributed by atoms with Crippen molar-refractivity contribution in [3.05, 3.63) is 123 Å². The maximum atomic E-state index is 13.5. The molecule has 10 rings (SSSR count). The molecule has 6 aromatic rings. The Hall–Kier alpha value is -5.53. The van der Waals surface area contributed by atoms with Crippen molar-refractivity contribution in [2.45, 2.75) is 51.4 Å². The van der Waals surface area contributed by atoms with Gasteiger partial charge in [0.15, 0.2) is 11.6 Å². The summed E-state index contributed by atoms with van der Waals surface area (Å²) in [6.45, 7) is 4.48. The van der Waals surface area contributed by atoms with Crippen LogP contribution in [0, 0.1) is 51.3 Å². The van der Waals surface area contributed by atoms with Crippen molar-refractivity contribution in [3.8, 4) is 33.8 Å². The van der Waals surface area contributed by atoms with Gasteiger partial charge in [0, 0.05) is 48.5 Å². The van der Waals surface area contributed by atoms with E-state index in [-0.39, 0.29) is 47.1 Å². The summed E-state index contributed by atoms with van der Waals surface area (Å²) in [6, 6.07) is 23.5. The summed E-state index contributed by atoms with van der Waals surface area (Å²) in [4.78, 5) is 54.7. The minimum atomic E-state index is -0.982. The Balaban J connectivity index is 0.000000154. The van der Waals surface area contributed by atoms with Gasteiger partial charge in [0.05, 0.1) is 21.8 Å². The van der Waals surface area contributed by atoms with Crippen LogP contribution in [0.5, 0.6) is 11.5 Å². The first kappa shape index (κ1) is 39.0. The van der Waals surface area contributed by atoms with Crippen LogP contribution in [-0.2, 0) is 9.63 Å². The van der Waals surface area contributed by atoms with Crippen LogP contribution in [0.3, 0.4) is 0 Å². The molecule has 4 fully saturated rings. The fourth-order valence-corrected chi connectivity index (χ4v) is 9.57. The smallest absolute Gasteiger partial charge is 0.319 e. The summed E-state index contributed by atoms with van der Waals surface area (Å²) in [5, 5.41) is 11.4. The van der Waals surface area contributed by atoms with E-state index in [2.05, 4.69) is 11.8 Å². The molecule has 0 atom stereocenters. The summed E-state index contributed by atoms with van der Waals surface area (Å²) in [7, 11) is 0. The van der Waals surface area contributed by atoms with E-state index in [9.17, 15) is 33.3 Å². The van der Waals surface area contributed by atoms with Crippen LogP contribution in [0.15, 0.2) is 84.9 Å². The van der Waals surface area contributed by atoms with E-state index < -0.39 is 16.5 Å². The molecular weight excluding hydrogens is 797 g/mol. The van der Waals surface area contributed by atoms with E-state index in [0.29, 0.717) is 30.1 Å². The van der Waals surface area contributed by atoms with Crippen LogP contribution in [0.4, 0.5) is 8.78 Å². The lowest BCUT2D eigenvalue weighted by Gasteiger charge is -2.13. The molecule has 0 spiro atoms. The largest absolute Gasteiger partial charge is 0.493 e. The Morgan fingerprint density at radius 2 is 1.17 bits per heavy atom. The summed E-state index contributed by atoms with van der Waals surface area (Å²) in [5.74, 6) is 0.388. The minimum absolute atomic E-state index is 0.0240. The monoisotopic (exact) mass is 834 g/mol. The summed E-state index contributed by atoms with van der Waals surface area (Å²) in [6.07, 6.45) is 6.84. The molecule has 2 aromatic heterocycles. The van der Waals surface area contributed by atoms with E-state index in [1.807, 2.05) is 18.2 Å². The molecule has 301 valence electrons. The number of hydrogen-bond donors (Lipinski definition) is 0. The SMILES string of the molecule is O=C(c1sc2cc(OC(=O)C3(CO[N+](=O)[O-])CC3)ccc2c1-c1ccc(F)cc1)C1CC1.[CH2]C1(COc2ccc3c(-c4ccc(F)cc4)c(C(=O)C4CC4)sc3c2)CC1. The number of Topliss-reactive ketones (excluding diaryl/α,β-unsaturated/α-hetero) is 2. The van der Waals surface area contributed by atoms with Gasteiger partial charge in [-0.3, -0.25) is 14.4 Å². The number of carbonyl (C=O) groups excluding carboxylic acids is 3. The molecule has 0 unspecified atom stereocenters. The van der Waals surface area contributed by atoms with Gasteiger partial charge in [0.2, 0.25) is 0 Å². The average Bonchev–Trinajstić information content (AvgIpc) is 4.01. The molecule has 59 heavy (non-hydrogen) atoms. The van der Waals surface area contributed by atoms with Crippen molar-refractivity contribution >= 4 is 60.4 Å². The first-order valence-corrected chi connectivity index (χ1v) is 21.2. The number of benzene rings is 4. The molecule has 1 radical (unpaired) electrons. The number of esters is 1. The maximum absolute atomic E-state index is 13.5. The Labute approximate surface area is 346 Å². The van der Waals surface area contributed by atoms with Crippen molar-refractivity contribution in [2.24, 2.45) is 22.7 Å². The van der Waals surface area contributed by atoms with Crippen LogP contribution in [0.2, 0.25) is 0 Å². The van der Waals surface area contributed by atoms with E-state index in [1.54, 1.807) is 42.5 Å². The van der Waals surface area contributed by atoms with E-state index >= 15 is 0 Å². The summed E-state index contributed by atoms with van der Waals surface area (Å²) >= 11 is 2.85. The topological polar surface area (TPSA) is 122 Å². The third kappa shape index (κ3) is 8.36. The van der Waals surface area contributed by atoms with Crippen LogP contribution >= 0.6 is 22.7 Å². The zero-order valence-corrected chi connectivity index (χ0v) is 33.4. The van der Waals surface area contributed by atoms with Gasteiger partial charge in [-0.05, 0) is 130 Å². The predicted octanol–water partition coefficient (Wildman–Crippen LogP) is 11.5. The van der Waals surface area contributed by atoms with Gasteiger partial charge in [-0.1, -0.05) is 24.3 Å². The van der Waals surface area contributed by atoms with Gasteiger partial charge < -0.3 is 14.3 Å². The van der Waals surface area contributed by atoms with E-state index in [0.717, 1.165) is 91.6 Å². The molecule has 4 aliphatic rings. The van der Waals surface area contributed by atoms with Gasteiger partial charge in [-0.15, -0.1) is 32.8 Å². The number of thiophene rings is 2. The van der Waals surface area contributed by atoms with Gasteiger partial charge in [0.25, 0.3) is 5.09 Å². The standard InChI is InChI=1S/C23H18FNO6S.C23H20FO2S/c24-15-5-3-13(4-6-15)19-17-8-7-16(11-18(17)32-21(19)20(26)14-1-2-14)31-22(27)23(9-10-23)12-30-25(28)29;1-23(10-11-23)13-26-17-8-9-18-19(12-17)27-22(21(25)15-2-3-15)20(18)14-4-6-16(24)7-5-14/h3-8,11,14H,1-2,9-10,12H2;4-9,12,15H,1-3,10-11,13H2. The zero-order chi connectivity index (χ0) is 41.1. The second-order valence-corrected chi connectivity index (χ2v) is 18.3. The van der Waals surface area contributed by atoms with Crippen LogP contribution in [0.25, 0.3) is 42.4 Å². The molecular formula is C46H38F2NO8S2. The third-order valence-corrected chi connectivity index (χ3v) is 13.7. The van der Waals surface area contributed by atoms with Gasteiger partial charge in [0.1, 0.15) is 29.7 Å². The fraction of sp³-hybridized carbons (Fsp3) is 0.304. The second-order valence-electron chi connectivity index (χ2n) is 16.2. The van der Waals surface area contributed by atoms with E-state index in [4.69, 9.17) is 9.47 Å². The third-order valence-electron chi connectivity index (χ3n) is 11.4. The lowest BCUT2D eigenvalue weighted by atomic mass is 9.99. The Kier molecular flexibility index (Phi) is 10.1. The predicted molar refractivity (Wildman–Crippen MR) is 221 cm³/mol. The Morgan fingerprint density at radius 3 is 1.61 bits per heavy atom. The number of nitrogens with zero attached hydrogens (tertiary/aromatic N) is 1. The first-order chi connectivity index (χ1) is 28.4. The van der Waals surface area contributed by atoms with Crippen LogP contribution in [-0.4, -0.2) is 35.8 Å². The van der Waals surface area contributed by atoms with Crippen molar-refractivity contribution in [2.75, 3.05) is 13.2 Å². The lowest BCUT2D eigenvalue weighted by molar-refractivity contribution is -0.759. The first-order valence-electron chi connectivity index (χ1n) is 19.6. The van der Waals surface area contributed by atoms with Crippen molar-refractivity contribution in [1.29, 1.82) is 0 Å². The molecule has 13 heteroatoms. The van der Waals surface area contributed by atoms with Crippen molar-refractivity contribution < 1.29 is 42.6 Å². The highest BCUT2D eigenvalue weighted by molar-refractivity contribution is 7.22. The van der Waals surface area contributed by atoms with Crippen molar-refractivity contribution in [1.82, 2.24) is 0 Å². The number of ether oxygens (including phenoxy) is 2. The molecule has 4 aliphatic carbocycles. The number of hydrogen-bond acceptors (Lipinski definition) is 10. The number of halogens is 2. The molecule has 2 heterocycles. The van der Waals surface area contributed by atoms with Gasteiger partial charge in [-0.25, -0.2) is 8.78 Å². The zero-order valence-electron chi connectivity index (χ0n) is 31.8. The second kappa shape index (κ2) is 15.3. The molecule has 4 aromatic carbocycles. The maximum Gasteiger partial charge on any atom is 0.319 e. The highest BCUT2D eigenvalue weighted by Crippen LogP contribution is 2.49. The summed E-state index contributed by atoms with van der Waals surface area (Å²) in [5.41, 5.74) is 2.42. The van der Waals surface area contributed by atoms with Gasteiger partial charge >= 0.3 is 5.97 Å². The highest BCUT2D eigenvalue weighted by Gasteiger charge is 2.52. The van der Waals surface area contributed by atoms with Crippen LogP contribution < -0.4 is 9.47 Å². The Morgan fingerprint density at radius 1 is 0.695 bits per heavy atom. The number of fused-ring (bicyclic) bond motifs is 2. The quantitative estimate of drug-likeness (QED) is 0.0349. The molecule has 4 saturated carbocycles. The number of ketones is 2. The van der Waals surface area contributed by atoms with Crippen molar-refractivity contribution in [3.63, 3.8) is 0 Å². The molecule has 9 nitrogen and oxygen atoms in total. The molecule has 0 N–H and O–H groups in total. The molecule has 0 bridgehead atoms. The summed E-state index contributed by atoms with van der Waals surface area (Å²) < 4.78 is 40.1. The minimum Gasteiger partial charge on any atom is -0.493 e. The average molecular weight is 835 g/mol. The highest BCUT2D eigenvalue weighted by atomic mass is 32.1. The number of carbonyl (C=O) groups is 3. The lowest BCUT2D eigenvalue weighted by Crippen LogP contribution is -2.27. The normalized spacial score (nSPS) is 17.1. The Bertz CT molecular complexity index is 2640. The molecule has 0 saturated heterocycles. The van der Waals surface area contributed by atoms with Gasteiger partial charge in [-0.2, -0.15) is 0 Å². The van der Waals surface area contributed by atoms with Crippen LogP contribution in [0.1, 0.15) is 70.7 Å². The number of rotatable bonds is 14. The fourth-order valence-electron chi connectivity index (χ4n) is 7.03. The molecule has 0 aliphatic heterocycles. The van der Waals surface area contributed by atoms with E-state index in [1.165, 1.54) is 46.9 Å². The molecule has 0 amide bonds.